The largest absolute Gasteiger partial charge is 0.395 e. The van der Waals surface area contributed by atoms with Crippen molar-refractivity contribution in [3.8, 4) is 0 Å². The lowest BCUT2D eigenvalue weighted by atomic mass is 9.94. The zero-order chi connectivity index (χ0) is 12.1. The quantitative estimate of drug-likeness (QED) is 0.844. The molecular weight excluding hydrogens is 214 g/mol. The summed E-state index contributed by atoms with van der Waals surface area (Å²) in [5.41, 5.74) is 1.23. The summed E-state index contributed by atoms with van der Waals surface area (Å²) in [5, 5.41) is 13.4. The monoisotopic (exact) mass is 237 g/mol. The van der Waals surface area contributed by atoms with E-state index < -0.39 is 0 Å². The van der Waals surface area contributed by atoms with Crippen molar-refractivity contribution in [3.05, 3.63) is 18.0 Å². The Bertz CT molecular complexity index is 331. The van der Waals surface area contributed by atoms with Crippen molar-refractivity contribution in [1.29, 1.82) is 0 Å². The van der Waals surface area contributed by atoms with Gasteiger partial charge in [0.2, 0.25) is 0 Å². The Labute approximate surface area is 103 Å². The molecule has 1 aromatic rings. The predicted octanol–water partition coefficient (Wildman–Crippen LogP) is 1.55. The number of nitrogens with zero attached hydrogens (tertiary/aromatic N) is 3. The number of hydrogen-bond acceptors (Lipinski definition) is 3. The van der Waals surface area contributed by atoms with Gasteiger partial charge in [0.05, 0.1) is 12.3 Å². The van der Waals surface area contributed by atoms with E-state index >= 15 is 0 Å². The average molecular weight is 237 g/mol. The highest BCUT2D eigenvalue weighted by Crippen LogP contribution is 2.23. The maximum atomic E-state index is 9.20. The van der Waals surface area contributed by atoms with Gasteiger partial charge in [-0.05, 0) is 18.9 Å². The van der Waals surface area contributed by atoms with Crippen LogP contribution in [0.3, 0.4) is 0 Å². The second kappa shape index (κ2) is 6.17. The highest BCUT2D eigenvalue weighted by atomic mass is 16.3. The van der Waals surface area contributed by atoms with Gasteiger partial charge >= 0.3 is 0 Å². The number of aromatic nitrogens is 2. The highest BCUT2D eigenvalue weighted by Gasteiger charge is 2.21. The number of rotatable bonds is 5. The van der Waals surface area contributed by atoms with E-state index in [2.05, 4.69) is 16.1 Å². The number of aliphatic hydroxyl groups excluding tert-OH is 1. The van der Waals surface area contributed by atoms with Gasteiger partial charge in [-0.15, -0.1) is 0 Å². The Morgan fingerprint density at radius 3 is 2.76 bits per heavy atom. The number of aryl methyl sites for hydroxylation is 1. The maximum absolute atomic E-state index is 9.20. The Kier molecular flexibility index (Phi) is 4.57. The predicted molar refractivity (Wildman–Crippen MR) is 67.6 cm³/mol. The van der Waals surface area contributed by atoms with Crippen molar-refractivity contribution in [2.75, 3.05) is 13.2 Å². The molecule has 1 fully saturated rings. The van der Waals surface area contributed by atoms with Crippen LogP contribution in [0.2, 0.25) is 0 Å². The van der Waals surface area contributed by atoms with Gasteiger partial charge < -0.3 is 5.11 Å². The Morgan fingerprint density at radius 1 is 1.41 bits per heavy atom. The summed E-state index contributed by atoms with van der Waals surface area (Å²) in [6.07, 6.45) is 8.42. The molecule has 1 aliphatic rings. The first-order chi connectivity index (χ1) is 8.31. The first-order valence-electron chi connectivity index (χ1n) is 6.63. The molecule has 17 heavy (non-hydrogen) atoms. The molecule has 2 rings (SSSR count). The molecule has 0 radical (unpaired) electrons. The van der Waals surface area contributed by atoms with Gasteiger partial charge in [0.25, 0.3) is 0 Å². The van der Waals surface area contributed by atoms with Gasteiger partial charge in [0.15, 0.2) is 0 Å². The molecule has 4 heteroatoms. The minimum atomic E-state index is 0.244. The summed E-state index contributed by atoms with van der Waals surface area (Å²) >= 11 is 0. The lowest BCUT2D eigenvalue weighted by Gasteiger charge is -2.33. The van der Waals surface area contributed by atoms with E-state index in [9.17, 15) is 5.11 Å². The van der Waals surface area contributed by atoms with Crippen LogP contribution in [-0.4, -0.2) is 39.0 Å². The standard InChI is InChI=1S/C13H23N3O/c1-15-13(7-8-14-15)11-16(9-10-17)12-5-3-2-4-6-12/h7-8,12,17H,2-6,9-11H2,1H3. The van der Waals surface area contributed by atoms with E-state index in [-0.39, 0.29) is 6.61 Å². The third-order valence-corrected chi connectivity index (χ3v) is 3.77. The molecule has 4 nitrogen and oxygen atoms in total. The summed E-state index contributed by atoms with van der Waals surface area (Å²) in [6.45, 7) is 1.92. The Morgan fingerprint density at radius 2 is 2.18 bits per heavy atom. The van der Waals surface area contributed by atoms with Crippen LogP contribution in [0, 0.1) is 0 Å². The third kappa shape index (κ3) is 3.30. The third-order valence-electron chi connectivity index (χ3n) is 3.77. The van der Waals surface area contributed by atoms with E-state index in [0.717, 1.165) is 13.1 Å². The maximum Gasteiger partial charge on any atom is 0.0558 e. The van der Waals surface area contributed by atoms with Crippen LogP contribution in [-0.2, 0) is 13.6 Å². The fourth-order valence-electron chi connectivity index (χ4n) is 2.73. The minimum absolute atomic E-state index is 0.244. The molecule has 0 aromatic carbocycles. The van der Waals surface area contributed by atoms with Gasteiger partial charge in [-0.3, -0.25) is 9.58 Å². The lowest BCUT2D eigenvalue weighted by Crippen LogP contribution is -2.38. The van der Waals surface area contributed by atoms with Crippen molar-refractivity contribution in [2.24, 2.45) is 7.05 Å². The molecule has 1 saturated carbocycles. The van der Waals surface area contributed by atoms with E-state index in [1.807, 2.05) is 17.9 Å². The minimum Gasteiger partial charge on any atom is -0.395 e. The van der Waals surface area contributed by atoms with Gasteiger partial charge in [0, 0.05) is 32.4 Å². The summed E-state index contributed by atoms with van der Waals surface area (Å²) in [5.74, 6) is 0. The van der Waals surface area contributed by atoms with Crippen LogP contribution in [0.4, 0.5) is 0 Å². The molecule has 1 heterocycles. The molecule has 1 aliphatic carbocycles. The van der Waals surface area contributed by atoms with Crippen molar-refractivity contribution < 1.29 is 5.11 Å². The second-order valence-electron chi connectivity index (χ2n) is 4.93. The SMILES string of the molecule is Cn1nccc1CN(CCO)C1CCCCC1. The zero-order valence-electron chi connectivity index (χ0n) is 10.7. The summed E-state index contributed by atoms with van der Waals surface area (Å²) in [4.78, 5) is 2.41. The van der Waals surface area contributed by atoms with Crippen LogP contribution < -0.4 is 0 Å². The molecular formula is C13H23N3O. The molecule has 0 spiro atoms. The molecule has 1 N–H and O–H groups in total. The Hall–Kier alpha value is -0.870. The smallest absolute Gasteiger partial charge is 0.0558 e. The lowest BCUT2D eigenvalue weighted by molar-refractivity contribution is 0.114. The molecule has 0 atom stereocenters. The van der Waals surface area contributed by atoms with Crippen LogP contribution in [0.15, 0.2) is 12.3 Å². The molecule has 0 saturated heterocycles. The zero-order valence-corrected chi connectivity index (χ0v) is 10.7. The molecule has 96 valence electrons. The molecule has 0 bridgehead atoms. The second-order valence-corrected chi connectivity index (χ2v) is 4.93. The van der Waals surface area contributed by atoms with Crippen molar-refractivity contribution in [3.63, 3.8) is 0 Å². The summed E-state index contributed by atoms with van der Waals surface area (Å²) < 4.78 is 1.92. The Balaban J connectivity index is 1.98. The van der Waals surface area contributed by atoms with Crippen LogP contribution >= 0.6 is 0 Å². The fraction of sp³-hybridized carbons (Fsp3) is 0.769. The van der Waals surface area contributed by atoms with Gasteiger partial charge in [-0.25, -0.2) is 0 Å². The molecule has 1 aromatic heterocycles. The molecule has 0 aliphatic heterocycles. The highest BCUT2D eigenvalue weighted by molar-refractivity contribution is 5.00. The molecule has 0 amide bonds. The van der Waals surface area contributed by atoms with Crippen LogP contribution in [0.1, 0.15) is 37.8 Å². The van der Waals surface area contributed by atoms with Crippen molar-refractivity contribution >= 4 is 0 Å². The van der Waals surface area contributed by atoms with E-state index in [0.29, 0.717) is 6.04 Å². The first kappa shape index (κ1) is 12.6. The fourth-order valence-corrected chi connectivity index (χ4v) is 2.73. The van der Waals surface area contributed by atoms with E-state index in [1.165, 1.54) is 37.8 Å². The normalized spacial score (nSPS) is 17.8. The van der Waals surface area contributed by atoms with Gasteiger partial charge in [0.1, 0.15) is 0 Å². The summed E-state index contributed by atoms with van der Waals surface area (Å²) in [6, 6.07) is 2.71. The molecule has 0 unspecified atom stereocenters. The summed E-state index contributed by atoms with van der Waals surface area (Å²) in [7, 11) is 1.98. The van der Waals surface area contributed by atoms with E-state index in [1.54, 1.807) is 0 Å². The van der Waals surface area contributed by atoms with Crippen LogP contribution in [0.25, 0.3) is 0 Å². The van der Waals surface area contributed by atoms with Crippen LogP contribution in [0.5, 0.6) is 0 Å². The average Bonchev–Trinajstić information content (AvgIpc) is 2.76. The topological polar surface area (TPSA) is 41.3 Å². The first-order valence-corrected chi connectivity index (χ1v) is 6.63. The number of aliphatic hydroxyl groups is 1. The van der Waals surface area contributed by atoms with E-state index in [4.69, 9.17) is 0 Å². The van der Waals surface area contributed by atoms with Crippen molar-refractivity contribution in [2.45, 2.75) is 44.7 Å². The van der Waals surface area contributed by atoms with Crippen molar-refractivity contribution in [1.82, 2.24) is 14.7 Å². The number of hydrogen-bond donors (Lipinski definition) is 1. The van der Waals surface area contributed by atoms with Gasteiger partial charge in [-0.2, -0.15) is 5.10 Å². The van der Waals surface area contributed by atoms with Gasteiger partial charge in [-0.1, -0.05) is 19.3 Å².